The number of anilines is 2. The molecule has 0 fully saturated rings. The molecule has 0 saturated heterocycles. The molecular formula is C25H26F6N2O8S. The molecule has 2 aromatic rings. The third-order valence-electron chi connectivity index (χ3n) is 6.46. The predicted molar refractivity (Wildman–Crippen MR) is 135 cm³/mol. The second-order valence-corrected chi connectivity index (χ2v) is 12.1. The van der Waals surface area contributed by atoms with E-state index in [9.17, 15) is 54.6 Å². The van der Waals surface area contributed by atoms with Crippen molar-refractivity contribution >= 4 is 33.5 Å². The van der Waals surface area contributed by atoms with Crippen molar-refractivity contribution in [1.82, 2.24) is 0 Å². The van der Waals surface area contributed by atoms with E-state index in [0.717, 1.165) is 30.3 Å². The van der Waals surface area contributed by atoms with E-state index >= 15 is 0 Å². The molecule has 0 bridgehead atoms. The topological polar surface area (TPSA) is 142 Å². The first-order valence-corrected chi connectivity index (χ1v) is 13.5. The van der Waals surface area contributed by atoms with Gasteiger partial charge in [-0.1, -0.05) is 6.07 Å². The lowest BCUT2D eigenvalue weighted by Crippen LogP contribution is -2.47. The number of fused-ring (bicyclic) bond motifs is 1. The smallest absolute Gasteiger partial charge is 0.427 e. The van der Waals surface area contributed by atoms with E-state index in [4.69, 9.17) is 4.74 Å². The van der Waals surface area contributed by atoms with Gasteiger partial charge in [0.2, 0.25) is 5.60 Å². The summed E-state index contributed by atoms with van der Waals surface area (Å²) in [6.07, 6.45) is -13.0. The van der Waals surface area contributed by atoms with E-state index in [1.54, 1.807) is 0 Å². The van der Waals surface area contributed by atoms with Gasteiger partial charge in [0, 0.05) is 12.1 Å². The summed E-state index contributed by atoms with van der Waals surface area (Å²) in [5.74, 6) is -1.63. The average Bonchev–Trinajstić information content (AvgIpc) is 2.86. The highest BCUT2D eigenvalue weighted by Crippen LogP contribution is 2.42. The minimum Gasteiger partial charge on any atom is -0.486 e. The van der Waals surface area contributed by atoms with Crippen molar-refractivity contribution < 1.29 is 64.0 Å². The third kappa shape index (κ3) is 6.83. The van der Waals surface area contributed by atoms with Gasteiger partial charge >= 0.3 is 24.4 Å². The Morgan fingerprint density at radius 1 is 1.07 bits per heavy atom. The number of sulfonamides is 1. The van der Waals surface area contributed by atoms with Gasteiger partial charge in [-0.2, -0.15) is 26.3 Å². The van der Waals surface area contributed by atoms with Gasteiger partial charge < -0.3 is 19.7 Å². The molecule has 3 rings (SSSR count). The largest absolute Gasteiger partial charge is 0.486 e. The minimum atomic E-state index is -4.92. The van der Waals surface area contributed by atoms with Gasteiger partial charge in [0.15, 0.2) is 0 Å². The third-order valence-corrected chi connectivity index (χ3v) is 8.24. The summed E-state index contributed by atoms with van der Waals surface area (Å²) in [5, 5.41) is 21.2. The average molecular weight is 629 g/mol. The maximum absolute atomic E-state index is 13.7. The van der Waals surface area contributed by atoms with E-state index in [1.165, 1.54) is 6.92 Å². The standard InChI is InChI=1S/C25H26F6N2O8S/c1-22(2,25(29,30)31)41-21(37)32-15-7-8-19-18(10-15)33(12-16(40-19)11-23(3,13-34)20(35)36)42(38,39)17-6-4-5-14(9-17)24(26,27)28/h4-10,16,34H,11-13H2,1-3H3,(H,32,37)(H,35,36)/t16-,23+/m0/s1. The fraction of sp³-hybridized carbons (Fsp3) is 0.440. The molecule has 1 aliphatic rings. The van der Waals surface area contributed by atoms with Crippen molar-refractivity contribution in [3.05, 3.63) is 48.0 Å². The highest BCUT2D eigenvalue weighted by Gasteiger charge is 2.51. The number of aliphatic hydroxyl groups excluding tert-OH is 1. The Morgan fingerprint density at radius 3 is 2.26 bits per heavy atom. The van der Waals surface area contributed by atoms with Crippen molar-refractivity contribution in [2.45, 2.75) is 56.1 Å². The zero-order valence-electron chi connectivity index (χ0n) is 22.2. The first kappa shape index (κ1) is 32.8. The zero-order valence-corrected chi connectivity index (χ0v) is 23.0. The number of carboxylic acid groups (broad SMARTS) is 1. The van der Waals surface area contributed by atoms with Gasteiger partial charge in [-0.15, -0.1) is 0 Å². The maximum atomic E-state index is 13.7. The van der Waals surface area contributed by atoms with Crippen LogP contribution in [0.25, 0.3) is 0 Å². The van der Waals surface area contributed by atoms with Crippen molar-refractivity contribution in [3.63, 3.8) is 0 Å². The number of nitrogens with one attached hydrogen (secondary N) is 1. The summed E-state index contributed by atoms with van der Waals surface area (Å²) in [4.78, 5) is 23.2. The van der Waals surface area contributed by atoms with Crippen molar-refractivity contribution in [2.24, 2.45) is 5.41 Å². The molecule has 1 aliphatic heterocycles. The fourth-order valence-corrected chi connectivity index (χ4v) is 5.38. The molecule has 2 aromatic carbocycles. The summed E-state index contributed by atoms with van der Waals surface area (Å²) < 4.78 is 118. The van der Waals surface area contributed by atoms with E-state index in [2.05, 4.69) is 4.74 Å². The molecular weight excluding hydrogens is 602 g/mol. The van der Waals surface area contributed by atoms with Crippen LogP contribution in [0.3, 0.4) is 0 Å². The van der Waals surface area contributed by atoms with Crippen molar-refractivity contribution in [3.8, 4) is 5.75 Å². The summed E-state index contributed by atoms with van der Waals surface area (Å²) in [7, 11) is -4.82. The monoisotopic (exact) mass is 628 g/mol. The van der Waals surface area contributed by atoms with Crippen molar-refractivity contribution in [1.29, 1.82) is 0 Å². The first-order valence-electron chi connectivity index (χ1n) is 12.0. The molecule has 17 heteroatoms. The fourth-order valence-electron chi connectivity index (χ4n) is 3.84. The van der Waals surface area contributed by atoms with Gasteiger partial charge in [-0.3, -0.25) is 14.4 Å². The second kappa shape index (κ2) is 11.2. The lowest BCUT2D eigenvalue weighted by atomic mass is 9.85. The Hall–Kier alpha value is -3.73. The van der Waals surface area contributed by atoms with E-state index in [1.807, 2.05) is 5.32 Å². The van der Waals surface area contributed by atoms with E-state index < -0.39 is 81.6 Å². The van der Waals surface area contributed by atoms with Crippen LogP contribution in [0.5, 0.6) is 5.75 Å². The van der Waals surface area contributed by atoms with Crippen LogP contribution in [0, 0.1) is 5.41 Å². The number of nitrogens with zero attached hydrogens (tertiary/aromatic N) is 1. The van der Waals surface area contributed by atoms with Crippen LogP contribution in [0.1, 0.15) is 32.8 Å². The number of carbonyl (C=O) groups is 2. The first-order chi connectivity index (χ1) is 19.1. The quantitative estimate of drug-likeness (QED) is 0.346. The van der Waals surface area contributed by atoms with E-state index in [0.29, 0.717) is 30.3 Å². The number of hydrogen-bond donors (Lipinski definition) is 3. The number of hydrogen-bond acceptors (Lipinski definition) is 7. The Balaban J connectivity index is 2.06. The van der Waals surface area contributed by atoms with Crippen LogP contribution < -0.4 is 14.4 Å². The molecule has 42 heavy (non-hydrogen) atoms. The number of rotatable bonds is 8. The molecule has 3 N–H and O–H groups in total. The molecule has 0 unspecified atom stereocenters. The number of aliphatic carboxylic acids is 1. The highest BCUT2D eigenvalue weighted by molar-refractivity contribution is 7.92. The van der Waals surface area contributed by atoms with Gasteiger partial charge in [-0.05, 0) is 57.2 Å². The lowest BCUT2D eigenvalue weighted by Gasteiger charge is -2.38. The molecule has 10 nitrogen and oxygen atoms in total. The van der Waals surface area contributed by atoms with Gasteiger partial charge in [0.05, 0.1) is 34.7 Å². The van der Waals surface area contributed by atoms with E-state index in [-0.39, 0.29) is 17.1 Å². The molecule has 2 atom stereocenters. The number of aliphatic hydroxyl groups is 1. The predicted octanol–water partition coefficient (Wildman–Crippen LogP) is 5.02. The Kier molecular flexibility index (Phi) is 8.71. The number of benzene rings is 2. The lowest BCUT2D eigenvalue weighted by molar-refractivity contribution is -0.242. The minimum absolute atomic E-state index is 0.206. The number of amides is 1. The Labute approximate surface area is 235 Å². The van der Waals surface area contributed by atoms with Crippen LogP contribution >= 0.6 is 0 Å². The van der Waals surface area contributed by atoms with Crippen LogP contribution in [-0.4, -0.2) is 61.7 Å². The summed E-state index contributed by atoms with van der Waals surface area (Å²) >= 11 is 0. The van der Waals surface area contributed by atoms with Crippen LogP contribution in [0.4, 0.5) is 42.5 Å². The molecule has 1 heterocycles. The summed E-state index contributed by atoms with van der Waals surface area (Å²) in [6.45, 7) is 0.904. The zero-order chi connectivity index (χ0) is 31.9. The van der Waals surface area contributed by atoms with Gasteiger partial charge in [0.25, 0.3) is 10.0 Å². The summed E-state index contributed by atoms with van der Waals surface area (Å²) in [6, 6.07) is 6.07. The normalized spacial score (nSPS) is 17.5. The molecule has 1 amide bonds. The number of halogens is 6. The van der Waals surface area contributed by atoms with Gasteiger partial charge in [0.1, 0.15) is 11.9 Å². The van der Waals surface area contributed by atoms with Gasteiger partial charge in [-0.25, -0.2) is 13.2 Å². The Morgan fingerprint density at radius 2 is 1.71 bits per heavy atom. The number of alkyl halides is 6. The number of carbonyl (C=O) groups excluding carboxylic acids is 1. The molecule has 0 aliphatic carbocycles. The van der Waals surface area contributed by atoms with Crippen LogP contribution in [-0.2, 0) is 25.7 Å². The molecule has 0 aromatic heterocycles. The van der Waals surface area contributed by atoms with Crippen molar-refractivity contribution in [2.75, 3.05) is 22.8 Å². The molecule has 232 valence electrons. The molecule has 0 spiro atoms. The van der Waals surface area contributed by atoms with Crippen LogP contribution in [0.2, 0.25) is 0 Å². The second-order valence-electron chi connectivity index (χ2n) is 10.2. The summed E-state index contributed by atoms with van der Waals surface area (Å²) in [5.41, 5.74) is -6.52. The molecule has 0 saturated carbocycles. The number of ether oxygens (including phenoxy) is 2. The highest BCUT2D eigenvalue weighted by atomic mass is 32.2. The Bertz CT molecular complexity index is 1460. The van der Waals surface area contributed by atoms with Crippen LogP contribution in [0.15, 0.2) is 47.4 Å². The number of carboxylic acids is 1. The molecule has 0 radical (unpaired) electrons. The maximum Gasteiger partial charge on any atom is 0.427 e. The SMILES string of the molecule is CC(C)(OC(=O)Nc1ccc2c(c1)N(S(=O)(=O)c1cccc(C(F)(F)F)c1)C[C@H](C[C@](C)(CO)C(=O)O)O2)C(F)(F)F.